The molecule has 0 spiro atoms. The maximum absolute atomic E-state index is 13.0. The number of benzene rings is 1. The van der Waals surface area contributed by atoms with E-state index < -0.39 is 29.6 Å². The fraction of sp³-hybridized carbons (Fsp3) is 0.250. The Labute approximate surface area is 113 Å². The molecule has 7 nitrogen and oxygen atoms in total. The summed E-state index contributed by atoms with van der Waals surface area (Å²) in [5.41, 5.74) is 10.3. The Hall–Kier alpha value is -2.64. The summed E-state index contributed by atoms with van der Waals surface area (Å²) in [6.45, 7) is 0. The zero-order chi connectivity index (χ0) is 15.3. The summed E-state index contributed by atoms with van der Waals surface area (Å²) in [6.07, 6.45) is -0.360. The van der Waals surface area contributed by atoms with Crippen molar-refractivity contribution in [1.29, 1.82) is 0 Å². The van der Waals surface area contributed by atoms with Crippen LogP contribution < -0.4 is 16.8 Å². The van der Waals surface area contributed by atoms with E-state index in [1.165, 1.54) is 6.07 Å². The third-order valence-corrected chi connectivity index (χ3v) is 2.54. The van der Waals surface area contributed by atoms with E-state index in [2.05, 4.69) is 5.32 Å². The lowest BCUT2D eigenvalue weighted by Gasteiger charge is -2.14. The third-order valence-electron chi connectivity index (χ3n) is 2.54. The van der Waals surface area contributed by atoms with Gasteiger partial charge in [0.2, 0.25) is 5.91 Å². The summed E-state index contributed by atoms with van der Waals surface area (Å²) in [6, 6.07) is 1.87. The summed E-state index contributed by atoms with van der Waals surface area (Å²) in [5.74, 6) is -3.52. The highest BCUT2D eigenvalue weighted by molar-refractivity contribution is 6.00. The van der Waals surface area contributed by atoms with Gasteiger partial charge in [0.1, 0.15) is 11.9 Å². The van der Waals surface area contributed by atoms with Gasteiger partial charge >= 0.3 is 5.97 Å². The lowest BCUT2D eigenvalue weighted by Crippen LogP contribution is -2.41. The van der Waals surface area contributed by atoms with E-state index in [1.807, 2.05) is 0 Å². The molecule has 0 aliphatic rings. The SMILES string of the molecule is NC(=O)CC[C@H](NC(=O)c1cc(F)ccc1N)C(=O)O. The van der Waals surface area contributed by atoms with Crippen molar-refractivity contribution in [1.82, 2.24) is 5.32 Å². The number of halogens is 1. The van der Waals surface area contributed by atoms with E-state index in [-0.39, 0.29) is 24.1 Å². The van der Waals surface area contributed by atoms with E-state index in [0.29, 0.717) is 0 Å². The molecule has 0 aliphatic carbocycles. The standard InChI is InChI=1S/C12H14FN3O4/c13-6-1-2-8(14)7(5-6)11(18)16-9(12(19)20)3-4-10(15)17/h1-2,5,9H,3-4,14H2,(H2,15,17)(H,16,18)(H,19,20)/t9-/m0/s1. The molecule has 20 heavy (non-hydrogen) atoms. The molecule has 1 rings (SSSR count). The van der Waals surface area contributed by atoms with Gasteiger partial charge in [-0.1, -0.05) is 0 Å². The molecule has 0 saturated carbocycles. The number of anilines is 1. The van der Waals surface area contributed by atoms with E-state index in [0.717, 1.165) is 12.1 Å². The molecule has 0 fully saturated rings. The van der Waals surface area contributed by atoms with Crippen LogP contribution in [0.15, 0.2) is 18.2 Å². The molecule has 0 heterocycles. The molecule has 2 amide bonds. The van der Waals surface area contributed by atoms with Crippen molar-refractivity contribution in [3.05, 3.63) is 29.6 Å². The fourth-order valence-electron chi connectivity index (χ4n) is 1.51. The average Bonchev–Trinajstić information content (AvgIpc) is 2.36. The predicted molar refractivity (Wildman–Crippen MR) is 68.1 cm³/mol. The Bertz CT molecular complexity index is 548. The third kappa shape index (κ3) is 4.23. The number of amides is 2. The first-order chi connectivity index (χ1) is 9.31. The van der Waals surface area contributed by atoms with Gasteiger partial charge in [-0.25, -0.2) is 9.18 Å². The van der Waals surface area contributed by atoms with Crippen LogP contribution in [-0.4, -0.2) is 28.9 Å². The monoisotopic (exact) mass is 283 g/mol. The van der Waals surface area contributed by atoms with Crippen molar-refractivity contribution in [3.63, 3.8) is 0 Å². The molecule has 8 heteroatoms. The molecule has 0 aliphatic heterocycles. The van der Waals surface area contributed by atoms with Gasteiger partial charge in [-0.05, 0) is 24.6 Å². The molecule has 1 aromatic rings. The van der Waals surface area contributed by atoms with Gasteiger partial charge in [0, 0.05) is 12.1 Å². The number of hydrogen-bond acceptors (Lipinski definition) is 4. The second-order valence-electron chi connectivity index (χ2n) is 4.10. The van der Waals surface area contributed by atoms with E-state index in [1.54, 1.807) is 0 Å². The van der Waals surface area contributed by atoms with Crippen molar-refractivity contribution in [2.24, 2.45) is 5.73 Å². The normalized spacial score (nSPS) is 11.7. The number of rotatable bonds is 6. The highest BCUT2D eigenvalue weighted by atomic mass is 19.1. The first-order valence-corrected chi connectivity index (χ1v) is 5.68. The quantitative estimate of drug-likeness (QED) is 0.539. The first-order valence-electron chi connectivity index (χ1n) is 5.68. The largest absolute Gasteiger partial charge is 0.480 e. The molecule has 0 radical (unpaired) electrons. The lowest BCUT2D eigenvalue weighted by molar-refractivity contribution is -0.139. The number of nitrogen functional groups attached to an aromatic ring is 1. The maximum Gasteiger partial charge on any atom is 0.326 e. The van der Waals surface area contributed by atoms with Crippen LogP contribution in [0.25, 0.3) is 0 Å². The van der Waals surface area contributed by atoms with Crippen LogP contribution in [-0.2, 0) is 9.59 Å². The molecule has 1 aromatic carbocycles. The Morgan fingerprint density at radius 2 is 2.00 bits per heavy atom. The number of aliphatic carboxylic acids is 1. The summed E-state index contributed by atoms with van der Waals surface area (Å²) in [4.78, 5) is 33.4. The first kappa shape index (κ1) is 15.4. The molecule has 0 aromatic heterocycles. The Morgan fingerprint density at radius 1 is 1.35 bits per heavy atom. The van der Waals surface area contributed by atoms with Crippen LogP contribution in [0.1, 0.15) is 23.2 Å². The number of carbonyl (C=O) groups is 3. The topological polar surface area (TPSA) is 136 Å². The average molecular weight is 283 g/mol. The van der Waals surface area contributed by atoms with Crippen molar-refractivity contribution < 1.29 is 23.9 Å². The zero-order valence-electron chi connectivity index (χ0n) is 10.4. The Morgan fingerprint density at radius 3 is 2.55 bits per heavy atom. The molecule has 0 bridgehead atoms. The second-order valence-corrected chi connectivity index (χ2v) is 4.10. The van der Waals surface area contributed by atoms with Gasteiger partial charge in [-0.3, -0.25) is 9.59 Å². The number of carboxylic acids is 1. The number of carbonyl (C=O) groups excluding carboxylic acids is 2. The van der Waals surface area contributed by atoms with Gasteiger partial charge in [-0.2, -0.15) is 0 Å². The van der Waals surface area contributed by atoms with E-state index >= 15 is 0 Å². The van der Waals surface area contributed by atoms with Crippen molar-refractivity contribution in [3.8, 4) is 0 Å². The highest BCUT2D eigenvalue weighted by Gasteiger charge is 2.22. The highest BCUT2D eigenvalue weighted by Crippen LogP contribution is 2.13. The smallest absolute Gasteiger partial charge is 0.326 e. The fourth-order valence-corrected chi connectivity index (χ4v) is 1.51. The van der Waals surface area contributed by atoms with Crippen molar-refractivity contribution in [2.75, 3.05) is 5.73 Å². The van der Waals surface area contributed by atoms with Crippen LogP contribution in [0.3, 0.4) is 0 Å². The molecular formula is C12H14FN3O4. The summed E-state index contributed by atoms with van der Waals surface area (Å²) in [5, 5.41) is 11.1. The second kappa shape index (κ2) is 6.50. The van der Waals surface area contributed by atoms with Gasteiger partial charge in [0.15, 0.2) is 0 Å². The molecule has 1 atom stereocenters. The van der Waals surface area contributed by atoms with Crippen LogP contribution in [0, 0.1) is 5.82 Å². The van der Waals surface area contributed by atoms with Gasteiger partial charge in [0.25, 0.3) is 5.91 Å². The number of hydrogen-bond donors (Lipinski definition) is 4. The summed E-state index contributed by atoms with van der Waals surface area (Å²) < 4.78 is 13.0. The minimum absolute atomic E-state index is 0.0166. The number of nitrogens with one attached hydrogen (secondary N) is 1. The summed E-state index contributed by atoms with van der Waals surface area (Å²) in [7, 11) is 0. The lowest BCUT2D eigenvalue weighted by atomic mass is 10.1. The molecule has 108 valence electrons. The number of primary amides is 1. The van der Waals surface area contributed by atoms with Crippen molar-refractivity contribution >= 4 is 23.5 Å². The van der Waals surface area contributed by atoms with Gasteiger partial charge in [-0.15, -0.1) is 0 Å². The minimum Gasteiger partial charge on any atom is -0.480 e. The number of carboxylic acid groups (broad SMARTS) is 1. The van der Waals surface area contributed by atoms with E-state index in [4.69, 9.17) is 16.6 Å². The number of nitrogens with two attached hydrogens (primary N) is 2. The van der Waals surface area contributed by atoms with Crippen LogP contribution >= 0.6 is 0 Å². The van der Waals surface area contributed by atoms with Crippen LogP contribution in [0.2, 0.25) is 0 Å². The minimum atomic E-state index is -1.32. The maximum atomic E-state index is 13.0. The predicted octanol–water partition coefficient (Wildman–Crippen LogP) is -0.144. The van der Waals surface area contributed by atoms with Gasteiger partial charge < -0.3 is 21.9 Å². The van der Waals surface area contributed by atoms with E-state index in [9.17, 15) is 18.8 Å². The Balaban J connectivity index is 2.82. The molecule has 0 saturated heterocycles. The Kier molecular flexibility index (Phi) is 5.01. The van der Waals surface area contributed by atoms with Gasteiger partial charge in [0.05, 0.1) is 5.56 Å². The molecule has 6 N–H and O–H groups in total. The van der Waals surface area contributed by atoms with Crippen molar-refractivity contribution in [2.45, 2.75) is 18.9 Å². The summed E-state index contributed by atoms with van der Waals surface area (Å²) >= 11 is 0. The van der Waals surface area contributed by atoms with Crippen LogP contribution in [0.5, 0.6) is 0 Å². The van der Waals surface area contributed by atoms with Crippen LogP contribution in [0.4, 0.5) is 10.1 Å². The molecular weight excluding hydrogens is 269 g/mol. The molecule has 0 unspecified atom stereocenters. The zero-order valence-corrected chi connectivity index (χ0v) is 10.4.